The van der Waals surface area contributed by atoms with Crippen LogP contribution in [0.1, 0.15) is 0 Å². The third-order valence-corrected chi connectivity index (χ3v) is 3.40. The summed E-state index contributed by atoms with van der Waals surface area (Å²) in [7, 11) is 0. The Morgan fingerprint density at radius 3 is 2.65 bits per heavy atom. The van der Waals surface area contributed by atoms with Gasteiger partial charge in [0.25, 0.3) is 0 Å². The fourth-order valence-corrected chi connectivity index (χ4v) is 2.12. The van der Waals surface area contributed by atoms with Crippen LogP contribution in [0, 0.1) is 0 Å². The maximum Gasteiger partial charge on any atom is 0.239 e. The molecular weight excluding hydrogens is 278 g/mol. The summed E-state index contributed by atoms with van der Waals surface area (Å²) >= 11 is 5.80. The minimum atomic E-state index is -0.00629. The number of carbonyl (C=O) groups is 1. The lowest BCUT2D eigenvalue weighted by Crippen LogP contribution is -2.42. The number of hydrogen-bond donors (Lipinski definition) is 2. The molecule has 0 radical (unpaired) electrons. The van der Waals surface area contributed by atoms with Crippen LogP contribution in [0.15, 0.2) is 24.3 Å². The molecule has 1 saturated heterocycles. The molecule has 0 bridgehead atoms. The summed E-state index contributed by atoms with van der Waals surface area (Å²) in [6.45, 7) is 5.26. The third kappa shape index (κ3) is 5.36. The first-order valence-corrected chi connectivity index (χ1v) is 7.18. The van der Waals surface area contributed by atoms with Gasteiger partial charge >= 0.3 is 0 Å². The highest BCUT2D eigenvalue weighted by molar-refractivity contribution is 6.30. The smallest absolute Gasteiger partial charge is 0.239 e. The Balaban J connectivity index is 1.59. The molecule has 110 valence electrons. The maximum absolute atomic E-state index is 11.7. The Morgan fingerprint density at radius 1 is 1.25 bits per heavy atom. The van der Waals surface area contributed by atoms with Gasteiger partial charge in [0.1, 0.15) is 0 Å². The van der Waals surface area contributed by atoms with Crippen molar-refractivity contribution in [2.24, 2.45) is 0 Å². The van der Waals surface area contributed by atoms with Crippen molar-refractivity contribution in [1.82, 2.24) is 10.2 Å². The monoisotopic (exact) mass is 297 g/mol. The van der Waals surface area contributed by atoms with Crippen molar-refractivity contribution in [1.29, 1.82) is 0 Å². The topological polar surface area (TPSA) is 53.6 Å². The number of morpholine rings is 1. The third-order valence-electron chi connectivity index (χ3n) is 3.15. The van der Waals surface area contributed by atoms with Crippen molar-refractivity contribution >= 4 is 23.2 Å². The Morgan fingerprint density at radius 2 is 1.95 bits per heavy atom. The predicted octanol–water partition coefficient (Wildman–Crippen LogP) is 1.20. The number of ether oxygens (including phenoxy) is 1. The average Bonchev–Trinajstić information content (AvgIpc) is 2.48. The van der Waals surface area contributed by atoms with E-state index in [1.54, 1.807) is 12.1 Å². The molecule has 20 heavy (non-hydrogen) atoms. The van der Waals surface area contributed by atoms with E-state index in [-0.39, 0.29) is 12.5 Å². The van der Waals surface area contributed by atoms with E-state index in [4.69, 9.17) is 16.3 Å². The molecular formula is C14H20ClN3O2. The second kappa shape index (κ2) is 8.09. The summed E-state index contributed by atoms with van der Waals surface area (Å²) in [5.41, 5.74) is 0.887. The van der Waals surface area contributed by atoms with E-state index in [2.05, 4.69) is 15.5 Å². The molecule has 2 rings (SSSR count). The van der Waals surface area contributed by atoms with Gasteiger partial charge in [-0.1, -0.05) is 11.6 Å². The molecule has 1 aliphatic rings. The Kier molecular flexibility index (Phi) is 6.11. The fraction of sp³-hybridized carbons (Fsp3) is 0.500. The van der Waals surface area contributed by atoms with Crippen molar-refractivity contribution in [3.8, 4) is 0 Å². The fourth-order valence-electron chi connectivity index (χ4n) is 1.99. The van der Waals surface area contributed by atoms with Gasteiger partial charge in [0.2, 0.25) is 5.91 Å². The zero-order valence-corrected chi connectivity index (χ0v) is 12.2. The van der Waals surface area contributed by atoms with Crippen LogP contribution < -0.4 is 10.6 Å². The summed E-state index contributed by atoms with van der Waals surface area (Å²) < 4.78 is 5.27. The lowest BCUT2D eigenvalue weighted by molar-refractivity contribution is -0.119. The highest BCUT2D eigenvalue weighted by Crippen LogP contribution is 2.12. The molecule has 1 aliphatic heterocycles. The van der Waals surface area contributed by atoms with Gasteiger partial charge in [-0.15, -0.1) is 0 Å². The normalized spacial score (nSPS) is 15.8. The molecule has 2 N–H and O–H groups in total. The second-order valence-electron chi connectivity index (χ2n) is 4.66. The van der Waals surface area contributed by atoms with E-state index in [0.717, 1.165) is 38.5 Å². The molecule has 1 aromatic carbocycles. The van der Waals surface area contributed by atoms with Gasteiger partial charge in [0.15, 0.2) is 0 Å². The molecule has 0 unspecified atom stereocenters. The molecule has 1 heterocycles. The summed E-state index contributed by atoms with van der Waals surface area (Å²) in [6, 6.07) is 7.28. The minimum Gasteiger partial charge on any atom is -0.379 e. The number of hydrogen-bond acceptors (Lipinski definition) is 4. The van der Waals surface area contributed by atoms with Crippen LogP contribution in [0.25, 0.3) is 0 Å². The van der Waals surface area contributed by atoms with E-state index < -0.39 is 0 Å². The van der Waals surface area contributed by atoms with Gasteiger partial charge in [-0.3, -0.25) is 9.69 Å². The van der Waals surface area contributed by atoms with Crippen molar-refractivity contribution in [2.75, 3.05) is 51.3 Å². The van der Waals surface area contributed by atoms with Gasteiger partial charge < -0.3 is 15.4 Å². The standard InChI is InChI=1S/C14H20ClN3O2/c15-12-1-3-13(4-2-12)17-11-14(19)16-5-6-18-7-9-20-10-8-18/h1-4,17H,5-11H2,(H,16,19). The van der Waals surface area contributed by atoms with E-state index in [9.17, 15) is 4.79 Å². The van der Waals surface area contributed by atoms with Crippen molar-refractivity contribution < 1.29 is 9.53 Å². The van der Waals surface area contributed by atoms with Crippen molar-refractivity contribution in [3.05, 3.63) is 29.3 Å². The van der Waals surface area contributed by atoms with Gasteiger partial charge in [0, 0.05) is 36.9 Å². The summed E-state index contributed by atoms with van der Waals surface area (Å²) in [4.78, 5) is 14.0. The summed E-state index contributed by atoms with van der Waals surface area (Å²) in [5, 5.41) is 6.64. The molecule has 1 aromatic rings. The first kappa shape index (κ1) is 15.1. The second-order valence-corrected chi connectivity index (χ2v) is 5.10. The number of carbonyl (C=O) groups excluding carboxylic acids is 1. The van der Waals surface area contributed by atoms with Gasteiger partial charge in [-0.2, -0.15) is 0 Å². The van der Waals surface area contributed by atoms with Crippen LogP contribution in [-0.4, -0.2) is 56.7 Å². The van der Waals surface area contributed by atoms with Crippen LogP contribution in [0.4, 0.5) is 5.69 Å². The molecule has 0 spiro atoms. The largest absolute Gasteiger partial charge is 0.379 e. The zero-order valence-electron chi connectivity index (χ0n) is 11.4. The Hall–Kier alpha value is -1.30. The first-order valence-electron chi connectivity index (χ1n) is 6.80. The summed E-state index contributed by atoms with van der Waals surface area (Å²) in [5.74, 6) is -0.00629. The van der Waals surface area contributed by atoms with E-state index in [0.29, 0.717) is 11.6 Å². The van der Waals surface area contributed by atoms with Gasteiger partial charge in [-0.25, -0.2) is 0 Å². The Bertz CT molecular complexity index is 419. The minimum absolute atomic E-state index is 0.00629. The molecule has 5 nitrogen and oxygen atoms in total. The number of nitrogens with zero attached hydrogens (tertiary/aromatic N) is 1. The first-order chi connectivity index (χ1) is 9.74. The molecule has 1 fully saturated rings. The van der Waals surface area contributed by atoms with E-state index >= 15 is 0 Å². The summed E-state index contributed by atoms with van der Waals surface area (Å²) in [6.07, 6.45) is 0. The molecule has 0 atom stereocenters. The zero-order chi connectivity index (χ0) is 14.2. The Labute approximate surface area is 124 Å². The molecule has 6 heteroatoms. The highest BCUT2D eigenvalue weighted by atomic mass is 35.5. The van der Waals surface area contributed by atoms with Crippen LogP contribution >= 0.6 is 11.6 Å². The number of anilines is 1. The van der Waals surface area contributed by atoms with Crippen molar-refractivity contribution in [2.45, 2.75) is 0 Å². The van der Waals surface area contributed by atoms with Crippen LogP contribution in [0.3, 0.4) is 0 Å². The lowest BCUT2D eigenvalue weighted by atomic mass is 10.3. The quantitative estimate of drug-likeness (QED) is 0.828. The number of nitrogens with one attached hydrogen (secondary N) is 2. The number of benzene rings is 1. The van der Waals surface area contributed by atoms with E-state index in [1.165, 1.54) is 0 Å². The average molecular weight is 298 g/mol. The molecule has 1 amide bonds. The SMILES string of the molecule is O=C(CNc1ccc(Cl)cc1)NCCN1CCOCC1. The number of amides is 1. The van der Waals surface area contributed by atoms with Gasteiger partial charge in [0.05, 0.1) is 19.8 Å². The number of halogens is 1. The van der Waals surface area contributed by atoms with Crippen LogP contribution in [-0.2, 0) is 9.53 Å². The van der Waals surface area contributed by atoms with Gasteiger partial charge in [-0.05, 0) is 24.3 Å². The maximum atomic E-state index is 11.7. The molecule has 0 aliphatic carbocycles. The molecule has 0 aromatic heterocycles. The molecule has 0 saturated carbocycles. The highest BCUT2D eigenvalue weighted by Gasteiger charge is 2.09. The lowest BCUT2D eigenvalue weighted by Gasteiger charge is -2.26. The van der Waals surface area contributed by atoms with Crippen LogP contribution in [0.5, 0.6) is 0 Å². The number of rotatable bonds is 6. The van der Waals surface area contributed by atoms with Crippen molar-refractivity contribution in [3.63, 3.8) is 0 Å². The predicted molar refractivity (Wildman–Crippen MR) is 80.2 cm³/mol. The van der Waals surface area contributed by atoms with E-state index in [1.807, 2.05) is 12.1 Å². The van der Waals surface area contributed by atoms with Crippen LogP contribution in [0.2, 0.25) is 5.02 Å².